The van der Waals surface area contributed by atoms with E-state index in [1.807, 2.05) is 51.9 Å². The van der Waals surface area contributed by atoms with Crippen molar-refractivity contribution in [1.82, 2.24) is 19.2 Å². The minimum Gasteiger partial charge on any atom is -0.339 e. The number of aryl methyl sites for hydroxylation is 1. The SMILES string of the molecule is Cn1nc(C2CCN(C(=O)c3ccc(-c4ccccc4)cc3)CC2)n(C2CC2)c1=O. The van der Waals surface area contributed by atoms with E-state index in [2.05, 4.69) is 17.2 Å². The number of hydrogen-bond acceptors (Lipinski definition) is 3. The van der Waals surface area contributed by atoms with Crippen LogP contribution in [0.25, 0.3) is 11.1 Å². The van der Waals surface area contributed by atoms with E-state index in [9.17, 15) is 9.59 Å². The van der Waals surface area contributed by atoms with E-state index in [1.54, 1.807) is 7.05 Å². The van der Waals surface area contributed by atoms with Gasteiger partial charge in [0.05, 0.1) is 0 Å². The fourth-order valence-electron chi connectivity index (χ4n) is 4.41. The third kappa shape index (κ3) is 3.47. The summed E-state index contributed by atoms with van der Waals surface area (Å²) >= 11 is 0. The summed E-state index contributed by atoms with van der Waals surface area (Å²) in [4.78, 5) is 27.3. The third-order valence-electron chi connectivity index (χ3n) is 6.28. The second-order valence-corrected chi connectivity index (χ2v) is 8.38. The lowest BCUT2D eigenvalue weighted by Crippen LogP contribution is -2.38. The number of likely N-dealkylation sites (tertiary alicyclic amines) is 1. The van der Waals surface area contributed by atoms with Crippen molar-refractivity contribution in [3.63, 3.8) is 0 Å². The maximum Gasteiger partial charge on any atom is 0.345 e. The van der Waals surface area contributed by atoms with Crippen LogP contribution in [0.15, 0.2) is 59.4 Å². The Morgan fingerprint density at radius 2 is 1.53 bits per heavy atom. The van der Waals surface area contributed by atoms with Crippen LogP contribution in [0.4, 0.5) is 0 Å². The van der Waals surface area contributed by atoms with Gasteiger partial charge in [0, 0.05) is 37.7 Å². The van der Waals surface area contributed by atoms with Gasteiger partial charge in [-0.3, -0.25) is 9.36 Å². The largest absolute Gasteiger partial charge is 0.345 e. The first-order chi connectivity index (χ1) is 14.6. The number of amides is 1. The molecule has 1 saturated heterocycles. The van der Waals surface area contributed by atoms with Crippen LogP contribution in [-0.2, 0) is 7.05 Å². The smallest absolute Gasteiger partial charge is 0.339 e. The number of aromatic nitrogens is 3. The van der Waals surface area contributed by atoms with Gasteiger partial charge in [-0.25, -0.2) is 9.48 Å². The predicted octanol–water partition coefficient (Wildman–Crippen LogP) is 3.60. The highest BCUT2D eigenvalue weighted by atomic mass is 16.2. The van der Waals surface area contributed by atoms with Crippen LogP contribution in [0.5, 0.6) is 0 Å². The molecule has 6 heteroatoms. The first kappa shape index (κ1) is 18.9. The van der Waals surface area contributed by atoms with E-state index < -0.39 is 0 Å². The van der Waals surface area contributed by atoms with Gasteiger partial charge in [-0.15, -0.1) is 0 Å². The van der Waals surface area contributed by atoms with Crippen molar-refractivity contribution in [2.45, 2.75) is 37.6 Å². The molecule has 6 nitrogen and oxygen atoms in total. The predicted molar refractivity (Wildman–Crippen MR) is 115 cm³/mol. The Labute approximate surface area is 175 Å². The normalized spacial score (nSPS) is 17.3. The zero-order valence-electron chi connectivity index (χ0n) is 17.2. The Kier molecular flexibility index (Phi) is 4.77. The van der Waals surface area contributed by atoms with Gasteiger partial charge < -0.3 is 4.90 Å². The minimum absolute atomic E-state index is 0.00971. The van der Waals surface area contributed by atoms with Crippen molar-refractivity contribution in [1.29, 1.82) is 0 Å². The van der Waals surface area contributed by atoms with Crippen LogP contribution >= 0.6 is 0 Å². The number of benzene rings is 2. The van der Waals surface area contributed by atoms with E-state index in [4.69, 9.17) is 0 Å². The quantitative estimate of drug-likeness (QED) is 0.670. The lowest BCUT2D eigenvalue weighted by molar-refractivity contribution is 0.0710. The van der Waals surface area contributed by atoms with Crippen LogP contribution < -0.4 is 5.69 Å². The first-order valence-electron chi connectivity index (χ1n) is 10.7. The number of carbonyl (C=O) groups excluding carboxylic acids is 1. The van der Waals surface area contributed by atoms with Crippen LogP contribution in [0, 0.1) is 0 Å². The van der Waals surface area contributed by atoms with Crippen molar-refractivity contribution in [2.75, 3.05) is 13.1 Å². The molecule has 2 aliphatic rings. The van der Waals surface area contributed by atoms with Crippen LogP contribution in [0.3, 0.4) is 0 Å². The standard InChI is InChI=1S/C24H26N4O2/c1-26-24(30)28(21-11-12-21)22(25-26)19-13-15-27(16-14-19)23(29)20-9-7-18(8-10-20)17-5-3-2-4-6-17/h2-10,19,21H,11-16H2,1H3. The highest BCUT2D eigenvalue weighted by Crippen LogP contribution is 2.37. The van der Waals surface area contributed by atoms with E-state index >= 15 is 0 Å². The molecule has 1 aliphatic heterocycles. The molecule has 2 heterocycles. The van der Waals surface area contributed by atoms with Gasteiger partial charge in [-0.1, -0.05) is 42.5 Å². The summed E-state index contributed by atoms with van der Waals surface area (Å²) in [6.07, 6.45) is 3.82. The molecule has 0 N–H and O–H groups in total. The summed E-state index contributed by atoms with van der Waals surface area (Å²) in [5, 5.41) is 4.53. The van der Waals surface area contributed by atoms with Crippen molar-refractivity contribution in [3.05, 3.63) is 76.5 Å². The molecule has 0 radical (unpaired) electrons. The van der Waals surface area contributed by atoms with Gasteiger partial charge in [-0.05, 0) is 48.9 Å². The molecule has 1 aliphatic carbocycles. The van der Waals surface area contributed by atoms with Crippen molar-refractivity contribution < 1.29 is 4.79 Å². The molecule has 2 aromatic carbocycles. The highest BCUT2D eigenvalue weighted by Gasteiger charge is 2.34. The Bertz CT molecular complexity index is 1100. The van der Waals surface area contributed by atoms with Gasteiger partial charge >= 0.3 is 5.69 Å². The second kappa shape index (κ2) is 7.59. The molecule has 154 valence electrons. The summed E-state index contributed by atoms with van der Waals surface area (Å²) < 4.78 is 3.35. The molecule has 1 amide bonds. The summed E-state index contributed by atoms with van der Waals surface area (Å²) in [5.41, 5.74) is 2.97. The summed E-state index contributed by atoms with van der Waals surface area (Å²) in [6, 6.07) is 18.4. The fourth-order valence-corrected chi connectivity index (χ4v) is 4.41. The minimum atomic E-state index is -0.00971. The molecule has 0 unspecified atom stereocenters. The van der Waals surface area contributed by atoms with Gasteiger partial charge in [-0.2, -0.15) is 5.10 Å². The van der Waals surface area contributed by atoms with Crippen LogP contribution in [0.2, 0.25) is 0 Å². The van der Waals surface area contributed by atoms with E-state index in [0.717, 1.165) is 48.2 Å². The molecule has 0 spiro atoms. The van der Waals surface area contributed by atoms with Crippen molar-refractivity contribution >= 4 is 5.91 Å². The number of nitrogens with zero attached hydrogens (tertiary/aromatic N) is 4. The van der Waals surface area contributed by atoms with E-state index in [-0.39, 0.29) is 17.5 Å². The van der Waals surface area contributed by atoms with Gasteiger partial charge in [0.1, 0.15) is 5.82 Å². The fraction of sp³-hybridized carbons (Fsp3) is 0.375. The topological polar surface area (TPSA) is 60.1 Å². The van der Waals surface area contributed by atoms with Gasteiger partial charge in [0.25, 0.3) is 5.91 Å². The zero-order chi connectivity index (χ0) is 20.7. The maximum atomic E-state index is 13.0. The molecule has 1 aromatic heterocycles. The molecule has 1 saturated carbocycles. The van der Waals surface area contributed by atoms with Gasteiger partial charge in [0.15, 0.2) is 0 Å². The average molecular weight is 402 g/mol. The monoisotopic (exact) mass is 402 g/mol. The van der Waals surface area contributed by atoms with E-state index in [0.29, 0.717) is 19.1 Å². The second-order valence-electron chi connectivity index (χ2n) is 8.38. The Morgan fingerprint density at radius 3 is 2.17 bits per heavy atom. The molecule has 5 rings (SSSR count). The van der Waals surface area contributed by atoms with Crippen LogP contribution in [-0.4, -0.2) is 38.2 Å². The number of piperidine rings is 1. The molecular weight excluding hydrogens is 376 g/mol. The lowest BCUT2D eigenvalue weighted by Gasteiger charge is -2.31. The summed E-state index contributed by atoms with van der Waals surface area (Å²) in [5.74, 6) is 1.22. The third-order valence-corrected chi connectivity index (χ3v) is 6.28. The number of carbonyl (C=O) groups is 1. The maximum absolute atomic E-state index is 13.0. The molecular formula is C24H26N4O2. The summed E-state index contributed by atoms with van der Waals surface area (Å²) in [7, 11) is 1.72. The first-order valence-corrected chi connectivity index (χ1v) is 10.7. The Hall–Kier alpha value is -3.15. The Morgan fingerprint density at radius 1 is 0.900 bits per heavy atom. The molecule has 2 fully saturated rings. The molecule has 0 bridgehead atoms. The number of hydrogen-bond donors (Lipinski definition) is 0. The zero-order valence-corrected chi connectivity index (χ0v) is 17.2. The average Bonchev–Trinajstić information content (AvgIpc) is 3.59. The number of rotatable bonds is 4. The molecule has 30 heavy (non-hydrogen) atoms. The van der Waals surface area contributed by atoms with Crippen molar-refractivity contribution in [2.24, 2.45) is 7.05 Å². The Balaban J connectivity index is 1.26. The van der Waals surface area contributed by atoms with E-state index in [1.165, 1.54) is 4.68 Å². The molecule has 3 aromatic rings. The lowest BCUT2D eigenvalue weighted by atomic mass is 9.95. The van der Waals surface area contributed by atoms with Crippen LogP contribution in [0.1, 0.15) is 53.8 Å². The van der Waals surface area contributed by atoms with Gasteiger partial charge in [0.2, 0.25) is 0 Å². The summed E-state index contributed by atoms with van der Waals surface area (Å²) in [6.45, 7) is 1.39. The van der Waals surface area contributed by atoms with Crippen molar-refractivity contribution in [3.8, 4) is 11.1 Å². The molecule has 0 atom stereocenters. The highest BCUT2D eigenvalue weighted by molar-refractivity contribution is 5.94.